The molecule has 2 rings (SSSR count). The van der Waals surface area contributed by atoms with Crippen LogP contribution in [0.15, 0.2) is 28.9 Å². The van der Waals surface area contributed by atoms with Gasteiger partial charge in [-0.25, -0.2) is 18.6 Å². The highest BCUT2D eigenvalue weighted by Crippen LogP contribution is 2.30. The number of carbonyl (C=O) groups is 1. The third kappa shape index (κ3) is 2.68. The topological polar surface area (TPSA) is 52.3 Å². The Balaban J connectivity index is 2.56. The number of furan rings is 1. The zero-order valence-corrected chi connectivity index (χ0v) is 11.0. The SMILES string of the molecule is CCOC(=O)c1c(C(F)F)cc(-c2ccco2)nc1C. The Kier molecular flexibility index (Phi) is 4.12. The molecular formula is C14H13F2NO3. The first-order valence-corrected chi connectivity index (χ1v) is 6.05. The van der Waals surface area contributed by atoms with Crippen molar-refractivity contribution in [3.05, 3.63) is 41.3 Å². The minimum atomic E-state index is -2.80. The maximum Gasteiger partial charge on any atom is 0.340 e. The van der Waals surface area contributed by atoms with Crippen LogP contribution in [-0.4, -0.2) is 17.6 Å². The van der Waals surface area contributed by atoms with E-state index in [4.69, 9.17) is 9.15 Å². The van der Waals surface area contributed by atoms with Crippen molar-refractivity contribution in [2.24, 2.45) is 0 Å². The molecule has 2 aromatic heterocycles. The van der Waals surface area contributed by atoms with Gasteiger partial charge in [0.2, 0.25) is 0 Å². The van der Waals surface area contributed by atoms with E-state index in [9.17, 15) is 13.6 Å². The molecule has 0 radical (unpaired) electrons. The molecular weight excluding hydrogens is 268 g/mol. The summed E-state index contributed by atoms with van der Waals surface area (Å²) in [6.07, 6.45) is -1.38. The first-order chi connectivity index (χ1) is 9.54. The normalized spacial score (nSPS) is 10.8. The molecule has 2 aromatic rings. The standard InChI is InChI=1S/C14H13F2NO3/c1-3-19-14(18)12-8(2)17-10(7-9(12)13(15)16)11-5-4-6-20-11/h4-7,13H,3H2,1-2H3. The van der Waals surface area contributed by atoms with Gasteiger partial charge in [0.1, 0.15) is 5.69 Å². The molecule has 20 heavy (non-hydrogen) atoms. The molecule has 2 heterocycles. The number of pyridine rings is 1. The second kappa shape index (κ2) is 5.81. The lowest BCUT2D eigenvalue weighted by atomic mass is 10.0. The van der Waals surface area contributed by atoms with E-state index in [1.54, 1.807) is 19.1 Å². The number of hydrogen-bond acceptors (Lipinski definition) is 4. The lowest BCUT2D eigenvalue weighted by Crippen LogP contribution is -2.12. The van der Waals surface area contributed by atoms with E-state index in [2.05, 4.69) is 4.98 Å². The summed E-state index contributed by atoms with van der Waals surface area (Å²) in [5.74, 6) is -0.427. The zero-order chi connectivity index (χ0) is 14.7. The Morgan fingerprint density at radius 1 is 1.50 bits per heavy atom. The van der Waals surface area contributed by atoms with Crippen LogP contribution in [0, 0.1) is 6.92 Å². The van der Waals surface area contributed by atoms with Crippen molar-refractivity contribution in [1.29, 1.82) is 0 Å². The molecule has 0 aliphatic rings. The third-order valence-electron chi connectivity index (χ3n) is 2.72. The van der Waals surface area contributed by atoms with E-state index in [0.717, 1.165) is 6.07 Å². The summed E-state index contributed by atoms with van der Waals surface area (Å²) in [6.45, 7) is 3.21. The Morgan fingerprint density at radius 3 is 2.80 bits per heavy atom. The van der Waals surface area contributed by atoms with Crippen LogP contribution >= 0.6 is 0 Å². The first kappa shape index (κ1) is 14.2. The van der Waals surface area contributed by atoms with Gasteiger partial charge in [-0.2, -0.15) is 0 Å². The van der Waals surface area contributed by atoms with Gasteiger partial charge in [0.15, 0.2) is 5.76 Å². The average Bonchev–Trinajstić information content (AvgIpc) is 2.91. The number of aryl methyl sites for hydroxylation is 1. The minimum absolute atomic E-state index is 0.112. The van der Waals surface area contributed by atoms with Gasteiger partial charge >= 0.3 is 5.97 Å². The first-order valence-electron chi connectivity index (χ1n) is 6.05. The van der Waals surface area contributed by atoms with Gasteiger partial charge in [-0.05, 0) is 32.0 Å². The molecule has 0 spiro atoms. The van der Waals surface area contributed by atoms with Crippen molar-refractivity contribution >= 4 is 5.97 Å². The summed E-state index contributed by atoms with van der Waals surface area (Å²) in [6, 6.07) is 4.40. The van der Waals surface area contributed by atoms with Crippen molar-refractivity contribution in [1.82, 2.24) is 4.98 Å². The molecule has 0 N–H and O–H groups in total. The number of ether oxygens (including phenoxy) is 1. The van der Waals surface area contributed by atoms with Gasteiger partial charge < -0.3 is 9.15 Å². The Labute approximate surface area is 114 Å². The number of hydrogen-bond donors (Lipinski definition) is 0. The smallest absolute Gasteiger partial charge is 0.340 e. The molecule has 106 valence electrons. The van der Waals surface area contributed by atoms with Crippen molar-refractivity contribution in [3.63, 3.8) is 0 Å². The molecule has 0 bridgehead atoms. The van der Waals surface area contributed by atoms with Crippen LogP contribution in [0.25, 0.3) is 11.5 Å². The largest absolute Gasteiger partial charge is 0.463 e. The summed E-state index contributed by atoms with van der Waals surface area (Å²) in [5.41, 5.74) is -0.136. The minimum Gasteiger partial charge on any atom is -0.463 e. The molecule has 0 saturated heterocycles. The molecule has 0 amide bonds. The van der Waals surface area contributed by atoms with Crippen LogP contribution in [0.3, 0.4) is 0 Å². The summed E-state index contributed by atoms with van der Waals surface area (Å²) >= 11 is 0. The number of alkyl halides is 2. The van der Waals surface area contributed by atoms with Crippen LogP contribution in [0.4, 0.5) is 8.78 Å². The molecule has 4 nitrogen and oxygen atoms in total. The maximum absolute atomic E-state index is 13.2. The van der Waals surface area contributed by atoms with Crippen molar-refractivity contribution in [3.8, 4) is 11.5 Å². The van der Waals surface area contributed by atoms with Crippen molar-refractivity contribution in [2.75, 3.05) is 6.61 Å². The molecule has 0 saturated carbocycles. The number of halogens is 2. The van der Waals surface area contributed by atoms with Gasteiger partial charge in [-0.3, -0.25) is 0 Å². The predicted octanol–water partition coefficient (Wildman–Crippen LogP) is 3.76. The van der Waals surface area contributed by atoms with E-state index >= 15 is 0 Å². The quantitative estimate of drug-likeness (QED) is 0.800. The number of rotatable bonds is 4. The van der Waals surface area contributed by atoms with Crippen molar-refractivity contribution in [2.45, 2.75) is 20.3 Å². The van der Waals surface area contributed by atoms with Gasteiger partial charge in [0, 0.05) is 5.56 Å². The van der Waals surface area contributed by atoms with Gasteiger partial charge in [0.25, 0.3) is 6.43 Å². The van der Waals surface area contributed by atoms with Crippen LogP contribution < -0.4 is 0 Å². The van der Waals surface area contributed by atoms with E-state index in [1.807, 2.05) is 0 Å². The second-order valence-electron chi connectivity index (χ2n) is 4.06. The number of carbonyl (C=O) groups excluding carboxylic acids is 1. The molecule has 0 unspecified atom stereocenters. The molecule has 0 atom stereocenters. The summed E-state index contributed by atoms with van der Waals surface area (Å²) in [4.78, 5) is 15.9. The summed E-state index contributed by atoms with van der Waals surface area (Å²) < 4.78 is 36.3. The fraction of sp³-hybridized carbons (Fsp3) is 0.286. The third-order valence-corrected chi connectivity index (χ3v) is 2.72. The molecule has 0 aromatic carbocycles. The van der Waals surface area contributed by atoms with E-state index < -0.39 is 18.0 Å². The number of esters is 1. The highest BCUT2D eigenvalue weighted by atomic mass is 19.3. The Hall–Kier alpha value is -2.24. The zero-order valence-electron chi connectivity index (χ0n) is 11.0. The second-order valence-corrected chi connectivity index (χ2v) is 4.06. The average molecular weight is 281 g/mol. The van der Waals surface area contributed by atoms with Crippen LogP contribution in [-0.2, 0) is 4.74 Å². The Morgan fingerprint density at radius 2 is 2.25 bits per heavy atom. The van der Waals surface area contributed by atoms with Crippen LogP contribution in [0.2, 0.25) is 0 Å². The predicted molar refractivity (Wildman–Crippen MR) is 67.6 cm³/mol. The van der Waals surface area contributed by atoms with E-state index in [0.29, 0.717) is 5.76 Å². The molecule has 0 aliphatic carbocycles. The number of aromatic nitrogens is 1. The lowest BCUT2D eigenvalue weighted by molar-refractivity contribution is 0.0514. The molecule has 0 fully saturated rings. The summed E-state index contributed by atoms with van der Waals surface area (Å²) in [7, 11) is 0. The van der Waals surface area contributed by atoms with Gasteiger partial charge in [-0.15, -0.1) is 0 Å². The monoisotopic (exact) mass is 281 g/mol. The molecule has 0 aliphatic heterocycles. The van der Waals surface area contributed by atoms with Gasteiger partial charge in [0.05, 0.1) is 24.1 Å². The fourth-order valence-electron chi connectivity index (χ4n) is 1.89. The van der Waals surface area contributed by atoms with Crippen LogP contribution in [0.1, 0.15) is 35.0 Å². The van der Waals surface area contributed by atoms with Crippen LogP contribution in [0.5, 0.6) is 0 Å². The molecule has 6 heteroatoms. The van der Waals surface area contributed by atoms with Gasteiger partial charge in [-0.1, -0.05) is 0 Å². The van der Waals surface area contributed by atoms with E-state index in [-0.39, 0.29) is 23.6 Å². The number of nitrogens with zero attached hydrogens (tertiary/aromatic N) is 1. The maximum atomic E-state index is 13.2. The summed E-state index contributed by atoms with van der Waals surface area (Å²) in [5, 5.41) is 0. The van der Waals surface area contributed by atoms with E-state index in [1.165, 1.54) is 13.2 Å². The fourth-order valence-corrected chi connectivity index (χ4v) is 1.89. The lowest BCUT2D eigenvalue weighted by Gasteiger charge is -2.12. The van der Waals surface area contributed by atoms with Crippen molar-refractivity contribution < 1.29 is 22.7 Å². The highest BCUT2D eigenvalue weighted by Gasteiger charge is 2.24. The highest BCUT2D eigenvalue weighted by molar-refractivity contribution is 5.92. The Bertz CT molecular complexity index is 609.